The highest BCUT2D eigenvalue weighted by Gasteiger charge is 2.14. The number of carbonyl (C=O) groups excluding carboxylic acids is 1. The van der Waals surface area contributed by atoms with E-state index in [0.717, 1.165) is 6.07 Å². The number of hydrogen-bond acceptors (Lipinski definition) is 4. The van der Waals surface area contributed by atoms with Crippen molar-refractivity contribution in [1.82, 2.24) is 5.32 Å². The fraction of sp³-hybridized carbons (Fsp3) is 0.462. The maximum absolute atomic E-state index is 13.4. The third-order valence-corrected chi connectivity index (χ3v) is 2.51. The van der Waals surface area contributed by atoms with Gasteiger partial charge in [-0.1, -0.05) is 0 Å². The summed E-state index contributed by atoms with van der Waals surface area (Å²) in [4.78, 5) is 11.7. The second-order valence-corrected chi connectivity index (χ2v) is 4.07. The smallest absolute Gasteiger partial charge is 0.254 e. The van der Waals surface area contributed by atoms with E-state index in [4.69, 9.17) is 15.2 Å². The van der Waals surface area contributed by atoms with Gasteiger partial charge in [-0.25, -0.2) is 8.78 Å². The van der Waals surface area contributed by atoms with Gasteiger partial charge in [0, 0.05) is 26.3 Å². The summed E-state index contributed by atoms with van der Waals surface area (Å²) < 4.78 is 36.4. The number of nitrogen functional groups attached to an aromatic ring is 1. The Kier molecular flexibility index (Phi) is 6.89. The minimum Gasteiger partial charge on any atom is -0.396 e. The minimum absolute atomic E-state index is 0.264. The molecule has 5 nitrogen and oxygen atoms in total. The van der Waals surface area contributed by atoms with Crippen molar-refractivity contribution in [3.8, 4) is 0 Å². The summed E-state index contributed by atoms with van der Waals surface area (Å²) in [5, 5.41) is 2.51. The summed E-state index contributed by atoms with van der Waals surface area (Å²) in [6, 6.07) is 1.58. The predicted molar refractivity (Wildman–Crippen MR) is 70.4 cm³/mol. The normalized spacial score (nSPS) is 10.6. The van der Waals surface area contributed by atoms with Crippen LogP contribution in [0.4, 0.5) is 14.5 Å². The first kappa shape index (κ1) is 16.3. The monoisotopic (exact) mass is 288 g/mol. The van der Waals surface area contributed by atoms with Crippen molar-refractivity contribution < 1.29 is 23.0 Å². The molecule has 0 bridgehead atoms. The third-order valence-electron chi connectivity index (χ3n) is 2.51. The van der Waals surface area contributed by atoms with Crippen LogP contribution in [0, 0.1) is 11.6 Å². The fourth-order valence-corrected chi connectivity index (χ4v) is 1.46. The first-order chi connectivity index (χ1) is 9.56. The summed E-state index contributed by atoms with van der Waals surface area (Å²) in [7, 11) is 1.58. The summed E-state index contributed by atoms with van der Waals surface area (Å²) >= 11 is 0. The molecule has 0 radical (unpaired) electrons. The molecule has 1 rings (SSSR count). The SMILES string of the molecule is COCCOCCCNC(=O)c1cc(N)c(F)cc1F. The number of hydrogen-bond donors (Lipinski definition) is 2. The number of methoxy groups -OCH3 is 1. The number of benzene rings is 1. The Labute approximate surface area is 116 Å². The fourth-order valence-electron chi connectivity index (χ4n) is 1.46. The molecule has 3 N–H and O–H groups in total. The van der Waals surface area contributed by atoms with Crippen LogP contribution in [0.3, 0.4) is 0 Å². The highest BCUT2D eigenvalue weighted by atomic mass is 19.1. The van der Waals surface area contributed by atoms with E-state index in [9.17, 15) is 13.6 Å². The van der Waals surface area contributed by atoms with Crippen molar-refractivity contribution in [2.24, 2.45) is 0 Å². The second kappa shape index (κ2) is 8.44. The van der Waals surface area contributed by atoms with Gasteiger partial charge in [-0.2, -0.15) is 0 Å². The van der Waals surface area contributed by atoms with Crippen LogP contribution in [0.25, 0.3) is 0 Å². The van der Waals surface area contributed by atoms with Crippen molar-refractivity contribution in [3.63, 3.8) is 0 Å². The number of nitrogens with two attached hydrogens (primary N) is 1. The quantitative estimate of drug-likeness (QED) is 0.559. The number of nitrogens with one attached hydrogen (secondary N) is 1. The molecule has 0 aromatic heterocycles. The molecule has 0 aliphatic rings. The summed E-state index contributed by atoms with van der Waals surface area (Å²) in [6.45, 7) is 1.76. The number of halogens is 2. The van der Waals surface area contributed by atoms with Crippen LogP contribution in [0.5, 0.6) is 0 Å². The van der Waals surface area contributed by atoms with Gasteiger partial charge in [-0.3, -0.25) is 4.79 Å². The number of ether oxygens (including phenoxy) is 2. The van der Waals surface area contributed by atoms with Crippen LogP contribution < -0.4 is 11.1 Å². The van der Waals surface area contributed by atoms with E-state index in [1.807, 2.05) is 0 Å². The number of rotatable bonds is 8. The van der Waals surface area contributed by atoms with E-state index in [2.05, 4.69) is 5.32 Å². The molecule has 7 heteroatoms. The first-order valence-electron chi connectivity index (χ1n) is 6.15. The zero-order chi connectivity index (χ0) is 15.0. The molecule has 112 valence electrons. The maximum Gasteiger partial charge on any atom is 0.254 e. The van der Waals surface area contributed by atoms with Crippen molar-refractivity contribution in [2.45, 2.75) is 6.42 Å². The van der Waals surface area contributed by atoms with Crippen molar-refractivity contribution in [3.05, 3.63) is 29.3 Å². The van der Waals surface area contributed by atoms with Gasteiger partial charge in [-0.05, 0) is 12.5 Å². The molecule has 0 saturated heterocycles. The molecule has 1 aromatic carbocycles. The Balaban J connectivity index is 2.34. The molecule has 0 aliphatic heterocycles. The van der Waals surface area contributed by atoms with E-state index in [-0.39, 0.29) is 11.3 Å². The van der Waals surface area contributed by atoms with Gasteiger partial charge < -0.3 is 20.5 Å². The zero-order valence-electron chi connectivity index (χ0n) is 11.2. The molecular weight excluding hydrogens is 270 g/mol. The maximum atomic E-state index is 13.4. The lowest BCUT2D eigenvalue weighted by molar-refractivity contribution is 0.0688. The lowest BCUT2D eigenvalue weighted by Gasteiger charge is -2.08. The zero-order valence-corrected chi connectivity index (χ0v) is 11.2. The second-order valence-electron chi connectivity index (χ2n) is 4.07. The van der Waals surface area contributed by atoms with Crippen LogP contribution in [-0.2, 0) is 9.47 Å². The van der Waals surface area contributed by atoms with E-state index in [0.29, 0.717) is 38.9 Å². The molecule has 0 heterocycles. The van der Waals surface area contributed by atoms with E-state index < -0.39 is 17.5 Å². The number of anilines is 1. The highest BCUT2D eigenvalue weighted by molar-refractivity contribution is 5.95. The van der Waals surface area contributed by atoms with Gasteiger partial charge in [-0.15, -0.1) is 0 Å². The Hall–Kier alpha value is -1.73. The Morgan fingerprint density at radius 1 is 1.25 bits per heavy atom. The van der Waals surface area contributed by atoms with Crippen LogP contribution >= 0.6 is 0 Å². The standard InChI is InChI=1S/C13H18F2N2O3/c1-19-5-6-20-4-2-3-17-13(18)9-7-12(16)11(15)8-10(9)14/h7-8H,2-6,16H2,1H3,(H,17,18). The van der Waals surface area contributed by atoms with E-state index in [1.165, 1.54) is 0 Å². The summed E-state index contributed by atoms with van der Waals surface area (Å²) in [5.41, 5.74) is 4.76. The molecule has 0 spiro atoms. The number of amides is 1. The van der Waals surface area contributed by atoms with Crippen molar-refractivity contribution in [2.75, 3.05) is 39.2 Å². The molecular formula is C13H18F2N2O3. The van der Waals surface area contributed by atoms with Crippen LogP contribution in [-0.4, -0.2) is 39.4 Å². The molecule has 1 amide bonds. The molecule has 1 aromatic rings. The average molecular weight is 288 g/mol. The van der Waals surface area contributed by atoms with E-state index in [1.54, 1.807) is 7.11 Å². The highest BCUT2D eigenvalue weighted by Crippen LogP contribution is 2.16. The first-order valence-corrected chi connectivity index (χ1v) is 6.15. The topological polar surface area (TPSA) is 73.6 Å². The average Bonchev–Trinajstić information content (AvgIpc) is 2.41. The Morgan fingerprint density at radius 2 is 2.00 bits per heavy atom. The van der Waals surface area contributed by atoms with Crippen molar-refractivity contribution >= 4 is 11.6 Å². The predicted octanol–water partition coefficient (Wildman–Crippen LogP) is 1.33. The van der Waals surface area contributed by atoms with Crippen molar-refractivity contribution in [1.29, 1.82) is 0 Å². The van der Waals surface area contributed by atoms with Gasteiger partial charge in [0.05, 0.1) is 24.5 Å². The van der Waals surface area contributed by atoms with Crippen LogP contribution in [0.1, 0.15) is 16.8 Å². The number of carbonyl (C=O) groups is 1. The van der Waals surface area contributed by atoms with E-state index >= 15 is 0 Å². The summed E-state index contributed by atoms with van der Waals surface area (Å²) in [5.74, 6) is -2.46. The lowest BCUT2D eigenvalue weighted by Crippen LogP contribution is -2.26. The molecule has 0 saturated carbocycles. The lowest BCUT2D eigenvalue weighted by atomic mass is 10.1. The molecule has 20 heavy (non-hydrogen) atoms. The van der Waals surface area contributed by atoms with Gasteiger partial charge >= 0.3 is 0 Å². The third kappa shape index (κ3) is 5.10. The largest absolute Gasteiger partial charge is 0.396 e. The van der Waals surface area contributed by atoms with Crippen LogP contribution in [0.2, 0.25) is 0 Å². The van der Waals surface area contributed by atoms with Gasteiger partial charge in [0.1, 0.15) is 11.6 Å². The van der Waals surface area contributed by atoms with Gasteiger partial charge in [0.2, 0.25) is 0 Å². The van der Waals surface area contributed by atoms with Gasteiger partial charge in [0.25, 0.3) is 5.91 Å². The Morgan fingerprint density at radius 3 is 2.70 bits per heavy atom. The van der Waals surface area contributed by atoms with Crippen LogP contribution in [0.15, 0.2) is 12.1 Å². The molecule has 0 fully saturated rings. The molecule has 0 aliphatic carbocycles. The molecule has 0 atom stereocenters. The Bertz CT molecular complexity index is 455. The summed E-state index contributed by atoms with van der Waals surface area (Å²) in [6.07, 6.45) is 0.577. The van der Waals surface area contributed by atoms with Gasteiger partial charge in [0.15, 0.2) is 0 Å². The minimum atomic E-state index is -0.939. The molecule has 0 unspecified atom stereocenters.